The van der Waals surface area contributed by atoms with Gasteiger partial charge in [0.1, 0.15) is 0 Å². The van der Waals surface area contributed by atoms with E-state index < -0.39 is 10.0 Å². The molecule has 0 spiro atoms. The van der Waals surface area contributed by atoms with Gasteiger partial charge in [-0.25, -0.2) is 13.1 Å². The Hall–Kier alpha value is -0.910. The lowest BCUT2D eigenvalue weighted by atomic mass is 9.87. The second kappa shape index (κ2) is 6.07. The van der Waals surface area contributed by atoms with Crippen LogP contribution in [0.1, 0.15) is 52.0 Å². The van der Waals surface area contributed by atoms with E-state index in [9.17, 15) is 13.5 Å². The molecule has 0 atom stereocenters. The highest BCUT2D eigenvalue weighted by Gasteiger charge is 2.29. The third kappa shape index (κ3) is 4.05. The molecule has 5 heteroatoms. The number of nitrogens with one attached hydrogen (secondary N) is 1. The van der Waals surface area contributed by atoms with E-state index in [1.54, 1.807) is 12.1 Å². The Morgan fingerprint density at radius 2 is 1.67 bits per heavy atom. The van der Waals surface area contributed by atoms with E-state index in [2.05, 4.69) is 4.72 Å². The Morgan fingerprint density at radius 1 is 1.10 bits per heavy atom. The van der Waals surface area contributed by atoms with Crippen molar-refractivity contribution < 1.29 is 13.5 Å². The van der Waals surface area contributed by atoms with Crippen LogP contribution in [0, 0.1) is 0 Å². The Balaban J connectivity index is 2.24. The van der Waals surface area contributed by atoms with E-state index in [4.69, 9.17) is 0 Å². The minimum Gasteiger partial charge on any atom is -0.393 e. The van der Waals surface area contributed by atoms with Crippen molar-refractivity contribution in [3.05, 3.63) is 29.8 Å². The van der Waals surface area contributed by atoms with E-state index in [0.717, 1.165) is 5.56 Å². The molecule has 118 valence electrons. The van der Waals surface area contributed by atoms with E-state index in [-0.39, 0.29) is 17.6 Å². The van der Waals surface area contributed by atoms with Crippen molar-refractivity contribution in [3.8, 4) is 0 Å². The van der Waals surface area contributed by atoms with Crippen LogP contribution in [-0.2, 0) is 15.4 Å². The summed E-state index contributed by atoms with van der Waals surface area (Å²) >= 11 is 0. The minimum atomic E-state index is -3.52. The largest absolute Gasteiger partial charge is 0.393 e. The minimum absolute atomic E-state index is 0.0774. The molecular weight excluding hydrogens is 286 g/mol. The molecule has 4 nitrogen and oxygen atoms in total. The second-order valence-corrected chi connectivity index (χ2v) is 8.56. The number of rotatable bonds is 3. The molecule has 2 N–H and O–H groups in total. The summed E-state index contributed by atoms with van der Waals surface area (Å²) in [6.45, 7) is 6.04. The average Bonchev–Trinajstić information content (AvgIpc) is 2.40. The number of aliphatic hydroxyl groups excluding tert-OH is 1. The average molecular weight is 311 g/mol. The number of sulfonamides is 1. The fourth-order valence-electron chi connectivity index (χ4n) is 2.80. The molecule has 1 aromatic rings. The first-order valence-electron chi connectivity index (χ1n) is 7.50. The molecule has 0 aliphatic heterocycles. The maximum absolute atomic E-state index is 12.7. The molecule has 1 saturated carbocycles. The highest BCUT2D eigenvalue weighted by atomic mass is 32.2. The third-order valence-electron chi connectivity index (χ3n) is 4.00. The van der Waals surface area contributed by atoms with Gasteiger partial charge >= 0.3 is 0 Å². The highest BCUT2D eigenvalue weighted by molar-refractivity contribution is 7.89. The number of hydrogen-bond acceptors (Lipinski definition) is 3. The first-order chi connectivity index (χ1) is 9.70. The van der Waals surface area contributed by atoms with Crippen LogP contribution in [0.15, 0.2) is 29.2 Å². The zero-order valence-electron chi connectivity index (χ0n) is 13.0. The molecule has 0 radical (unpaired) electrons. The monoisotopic (exact) mass is 311 g/mol. The zero-order chi connectivity index (χ0) is 15.7. The number of aliphatic hydroxyl groups is 1. The van der Waals surface area contributed by atoms with Crippen LogP contribution in [0.3, 0.4) is 0 Å². The molecule has 0 bridgehead atoms. The molecule has 1 fully saturated rings. The highest BCUT2D eigenvalue weighted by Crippen LogP contribution is 2.29. The van der Waals surface area contributed by atoms with Gasteiger partial charge < -0.3 is 5.11 Å². The van der Waals surface area contributed by atoms with Crippen LogP contribution < -0.4 is 4.72 Å². The summed E-state index contributed by atoms with van der Waals surface area (Å²) in [5.74, 6) is 0. The van der Waals surface area contributed by atoms with Crippen molar-refractivity contribution >= 4 is 10.0 Å². The van der Waals surface area contributed by atoms with Gasteiger partial charge in [-0.05, 0) is 42.7 Å². The number of benzene rings is 1. The summed E-state index contributed by atoms with van der Waals surface area (Å²) in [6.07, 6.45) is 2.42. The maximum atomic E-state index is 12.7. The topological polar surface area (TPSA) is 66.4 Å². The first-order valence-corrected chi connectivity index (χ1v) is 8.98. The van der Waals surface area contributed by atoms with Crippen LogP contribution in [-0.4, -0.2) is 25.7 Å². The lowest BCUT2D eigenvalue weighted by Crippen LogP contribution is -2.39. The summed E-state index contributed by atoms with van der Waals surface area (Å²) in [5, 5.41) is 9.52. The van der Waals surface area contributed by atoms with Gasteiger partial charge in [-0.15, -0.1) is 0 Å². The summed E-state index contributed by atoms with van der Waals surface area (Å²) in [5.41, 5.74) is 0.599. The summed E-state index contributed by atoms with van der Waals surface area (Å²) < 4.78 is 28.2. The van der Waals surface area contributed by atoms with Gasteiger partial charge in [0.15, 0.2) is 0 Å². The molecular formula is C16H25NO3S. The fourth-order valence-corrected chi connectivity index (χ4v) is 4.52. The van der Waals surface area contributed by atoms with E-state index in [1.807, 2.05) is 32.9 Å². The van der Waals surface area contributed by atoms with E-state index >= 15 is 0 Å². The van der Waals surface area contributed by atoms with Crippen LogP contribution in [0.4, 0.5) is 0 Å². The van der Waals surface area contributed by atoms with Crippen molar-refractivity contribution in [2.24, 2.45) is 0 Å². The second-order valence-electron chi connectivity index (χ2n) is 6.87. The van der Waals surface area contributed by atoms with Crippen molar-refractivity contribution in [2.75, 3.05) is 0 Å². The molecule has 2 rings (SSSR count). The van der Waals surface area contributed by atoms with Crippen molar-refractivity contribution in [2.45, 2.75) is 68.9 Å². The van der Waals surface area contributed by atoms with Gasteiger partial charge in [-0.3, -0.25) is 0 Å². The summed E-state index contributed by atoms with van der Waals surface area (Å²) in [4.78, 5) is 0.364. The molecule has 0 saturated heterocycles. The van der Waals surface area contributed by atoms with Crippen LogP contribution in [0.25, 0.3) is 0 Å². The lowest BCUT2D eigenvalue weighted by Gasteiger charge is -2.28. The van der Waals surface area contributed by atoms with Crippen molar-refractivity contribution in [1.29, 1.82) is 0 Å². The van der Waals surface area contributed by atoms with E-state index in [1.165, 1.54) is 0 Å². The third-order valence-corrected chi connectivity index (χ3v) is 5.58. The standard InChI is InChI=1S/C16H25NO3S/c1-16(2,3)14-6-4-5-7-15(14)21(19,20)17-12-8-10-13(18)11-9-12/h4-7,12-13,17-18H,8-11H2,1-3H3. The molecule has 0 unspecified atom stereocenters. The van der Waals surface area contributed by atoms with Crippen LogP contribution >= 0.6 is 0 Å². The SMILES string of the molecule is CC(C)(C)c1ccccc1S(=O)(=O)NC1CCC(O)CC1. The molecule has 1 aliphatic carbocycles. The van der Waals surface area contributed by atoms with Gasteiger partial charge in [-0.2, -0.15) is 0 Å². The molecule has 0 aromatic heterocycles. The Morgan fingerprint density at radius 3 is 2.24 bits per heavy atom. The van der Waals surface area contributed by atoms with Crippen LogP contribution in [0.2, 0.25) is 0 Å². The van der Waals surface area contributed by atoms with E-state index in [0.29, 0.717) is 30.6 Å². The maximum Gasteiger partial charge on any atom is 0.241 e. The molecule has 1 aliphatic rings. The van der Waals surface area contributed by atoms with Gasteiger partial charge in [0.25, 0.3) is 0 Å². The van der Waals surface area contributed by atoms with Gasteiger partial charge in [-0.1, -0.05) is 39.0 Å². The van der Waals surface area contributed by atoms with Crippen molar-refractivity contribution in [1.82, 2.24) is 4.72 Å². The van der Waals surface area contributed by atoms with Gasteiger partial charge in [0, 0.05) is 6.04 Å². The molecule has 1 aromatic carbocycles. The summed E-state index contributed by atoms with van der Waals surface area (Å²) in [7, 11) is -3.52. The molecule has 0 amide bonds. The lowest BCUT2D eigenvalue weighted by molar-refractivity contribution is 0.120. The quantitative estimate of drug-likeness (QED) is 0.901. The normalized spacial score (nSPS) is 24.0. The Labute approximate surface area is 127 Å². The molecule has 21 heavy (non-hydrogen) atoms. The first kappa shape index (κ1) is 16.5. The van der Waals surface area contributed by atoms with Gasteiger partial charge in [0.2, 0.25) is 10.0 Å². The Bertz CT molecular complexity index is 582. The van der Waals surface area contributed by atoms with Crippen molar-refractivity contribution in [3.63, 3.8) is 0 Å². The predicted octanol–water partition coefficient (Wildman–Crippen LogP) is 2.57. The predicted molar refractivity (Wildman–Crippen MR) is 83.7 cm³/mol. The van der Waals surface area contributed by atoms with Gasteiger partial charge in [0.05, 0.1) is 11.0 Å². The molecule has 0 heterocycles. The summed E-state index contributed by atoms with van der Waals surface area (Å²) in [6, 6.07) is 7.09. The fraction of sp³-hybridized carbons (Fsp3) is 0.625. The number of hydrogen-bond donors (Lipinski definition) is 2. The zero-order valence-corrected chi connectivity index (χ0v) is 13.8. The smallest absolute Gasteiger partial charge is 0.241 e. The van der Waals surface area contributed by atoms with Crippen LogP contribution in [0.5, 0.6) is 0 Å². The Kier molecular flexibility index (Phi) is 4.76.